The third kappa shape index (κ3) is 2.96. The first-order valence-corrected chi connectivity index (χ1v) is 5.73. The molecule has 0 amide bonds. The van der Waals surface area contributed by atoms with Gasteiger partial charge in [0.1, 0.15) is 0 Å². The van der Waals surface area contributed by atoms with Crippen LogP contribution >= 0.6 is 0 Å². The maximum atomic E-state index is 5.38. The molecule has 0 bridgehead atoms. The zero-order chi connectivity index (χ0) is 8.93. The Labute approximate surface area is 81.0 Å². The number of nitrogens with one attached hydrogen (secondary N) is 1. The molecule has 76 valence electrons. The molecule has 2 nitrogen and oxygen atoms in total. The van der Waals surface area contributed by atoms with Crippen molar-refractivity contribution in [3.63, 3.8) is 0 Å². The van der Waals surface area contributed by atoms with E-state index >= 15 is 0 Å². The van der Waals surface area contributed by atoms with Crippen molar-refractivity contribution in [3.8, 4) is 0 Å². The van der Waals surface area contributed by atoms with E-state index in [-0.39, 0.29) is 0 Å². The molecular weight excluding hydrogens is 162 g/mol. The summed E-state index contributed by atoms with van der Waals surface area (Å²) in [6.45, 7) is 4.53. The van der Waals surface area contributed by atoms with Crippen molar-refractivity contribution in [1.29, 1.82) is 0 Å². The zero-order valence-corrected chi connectivity index (χ0v) is 8.43. The first-order chi connectivity index (χ1) is 6.45. The van der Waals surface area contributed by atoms with Crippen LogP contribution in [-0.2, 0) is 4.74 Å². The smallest absolute Gasteiger partial charge is 0.0495 e. The van der Waals surface area contributed by atoms with E-state index in [4.69, 9.17) is 4.74 Å². The van der Waals surface area contributed by atoms with Crippen molar-refractivity contribution in [3.05, 3.63) is 0 Å². The van der Waals surface area contributed by atoms with E-state index in [0.717, 1.165) is 25.0 Å². The molecule has 0 radical (unpaired) electrons. The molecule has 0 aromatic heterocycles. The van der Waals surface area contributed by atoms with Crippen LogP contribution in [-0.4, -0.2) is 26.3 Å². The van der Waals surface area contributed by atoms with Crippen molar-refractivity contribution in [2.75, 3.05) is 26.3 Å². The van der Waals surface area contributed by atoms with Crippen LogP contribution in [0, 0.1) is 11.8 Å². The second kappa shape index (κ2) is 4.97. The molecule has 2 fully saturated rings. The van der Waals surface area contributed by atoms with Gasteiger partial charge in [0.25, 0.3) is 0 Å². The lowest BCUT2D eigenvalue weighted by molar-refractivity contribution is 0.181. The molecule has 1 atom stereocenters. The maximum Gasteiger partial charge on any atom is 0.0495 e. The Morgan fingerprint density at radius 2 is 1.77 bits per heavy atom. The first-order valence-electron chi connectivity index (χ1n) is 5.73. The van der Waals surface area contributed by atoms with Gasteiger partial charge in [-0.2, -0.15) is 0 Å². The van der Waals surface area contributed by atoms with Gasteiger partial charge in [0.15, 0.2) is 0 Å². The Hall–Kier alpha value is -0.0800. The Balaban J connectivity index is 1.60. The first kappa shape index (κ1) is 9.47. The number of piperidine rings is 1. The summed E-state index contributed by atoms with van der Waals surface area (Å²) in [5.74, 6) is 1.89. The monoisotopic (exact) mass is 183 g/mol. The predicted octanol–water partition coefficient (Wildman–Crippen LogP) is 1.80. The molecule has 2 heterocycles. The lowest BCUT2D eigenvalue weighted by atomic mass is 9.89. The topological polar surface area (TPSA) is 21.3 Å². The fourth-order valence-corrected chi connectivity index (χ4v) is 2.45. The Bertz CT molecular complexity index is 137. The van der Waals surface area contributed by atoms with Crippen molar-refractivity contribution in [1.82, 2.24) is 5.32 Å². The van der Waals surface area contributed by atoms with Gasteiger partial charge in [-0.15, -0.1) is 0 Å². The molecule has 2 heteroatoms. The van der Waals surface area contributed by atoms with E-state index in [0.29, 0.717) is 0 Å². The summed E-state index contributed by atoms with van der Waals surface area (Å²) in [4.78, 5) is 0. The van der Waals surface area contributed by atoms with E-state index < -0.39 is 0 Å². The predicted molar refractivity (Wildman–Crippen MR) is 53.8 cm³/mol. The molecule has 1 N–H and O–H groups in total. The Kier molecular flexibility index (Phi) is 3.62. The highest BCUT2D eigenvalue weighted by molar-refractivity contribution is 4.71. The number of rotatable bonds is 3. The molecule has 1 unspecified atom stereocenters. The van der Waals surface area contributed by atoms with Crippen molar-refractivity contribution >= 4 is 0 Å². The molecule has 2 saturated heterocycles. The third-order valence-corrected chi connectivity index (χ3v) is 3.47. The summed E-state index contributed by atoms with van der Waals surface area (Å²) in [5.41, 5.74) is 0. The second-order valence-corrected chi connectivity index (χ2v) is 4.50. The van der Waals surface area contributed by atoms with Gasteiger partial charge in [0.2, 0.25) is 0 Å². The SMILES string of the molecule is C1CC(CCC2CCOC2)CCN1. The highest BCUT2D eigenvalue weighted by Gasteiger charge is 2.18. The van der Waals surface area contributed by atoms with Crippen molar-refractivity contribution < 1.29 is 4.74 Å². The van der Waals surface area contributed by atoms with Gasteiger partial charge in [-0.1, -0.05) is 6.42 Å². The van der Waals surface area contributed by atoms with E-state index in [2.05, 4.69) is 5.32 Å². The van der Waals surface area contributed by atoms with Crippen LogP contribution in [0.5, 0.6) is 0 Å². The summed E-state index contributed by atoms with van der Waals surface area (Å²) in [5, 5.41) is 3.42. The van der Waals surface area contributed by atoms with Gasteiger partial charge < -0.3 is 10.1 Å². The van der Waals surface area contributed by atoms with Crippen LogP contribution in [0.4, 0.5) is 0 Å². The molecule has 0 aromatic rings. The van der Waals surface area contributed by atoms with Crippen LogP contribution in [0.25, 0.3) is 0 Å². The lowest BCUT2D eigenvalue weighted by Gasteiger charge is -2.23. The highest BCUT2D eigenvalue weighted by atomic mass is 16.5. The molecule has 0 spiro atoms. The molecule has 2 aliphatic heterocycles. The van der Waals surface area contributed by atoms with Gasteiger partial charge in [-0.3, -0.25) is 0 Å². The minimum Gasteiger partial charge on any atom is -0.381 e. The summed E-state index contributed by atoms with van der Waals surface area (Å²) in [6.07, 6.45) is 6.95. The third-order valence-electron chi connectivity index (χ3n) is 3.47. The van der Waals surface area contributed by atoms with Crippen LogP contribution in [0.1, 0.15) is 32.1 Å². The molecule has 2 rings (SSSR count). The highest BCUT2D eigenvalue weighted by Crippen LogP contribution is 2.24. The molecule has 13 heavy (non-hydrogen) atoms. The number of hydrogen-bond acceptors (Lipinski definition) is 2. The quantitative estimate of drug-likeness (QED) is 0.720. The maximum absolute atomic E-state index is 5.38. The fourth-order valence-electron chi connectivity index (χ4n) is 2.45. The number of hydrogen-bond donors (Lipinski definition) is 1. The molecule has 2 aliphatic rings. The van der Waals surface area contributed by atoms with E-state index in [1.54, 1.807) is 0 Å². The van der Waals surface area contributed by atoms with E-state index in [1.165, 1.54) is 45.2 Å². The largest absolute Gasteiger partial charge is 0.381 e. The second-order valence-electron chi connectivity index (χ2n) is 4.50. The van der Waals surface area contributed by atoms with Gasteiger partial charge in [-0.05, 0) is 50.6 Å². The van der Waals surface area contributed by atoms with Crippen LogP contribution in [0.15, 0.2) is 0 Å². The van der Waals surface area contributed by atoms with Gasteiger partial charge in [0, 0.05) is 13.2 Å². The Morgan fingerprint density at radius 3 is 2.46 bits per heavy atom. The average molecular weight is 183 g/mol. The normalized spacial score (nSPS) is 30.9. The summed E-state index contributed by atoms with van der Waals surface area (Å²) in [6, 6.07) is 0. The minimum absolute atomic E-state index is 0.884. The standard InChI is InChI=1S/C11H21NO/c1(2-11-5-8-13-9-11)10-3-6-12-7-4-10/h10-12H,1-9H2. The van der Waals surface area contributed by atoms with Crippen LogP contribution < -0.4 is 5.32 Å². The molecular formula is C11H21NO. The average Bonchev–Trinajstić information content (AvgIpc) is 2.69. The fraction of sp³-hybridized carbons (Fsp3) is 1.00. The molecule has 0 aromatic carbocycles. The zero-order valence-electron chi connectivity index (χ0n) is 8.43. The molecule has 0 saturated carbocycles. The summed E-state index contributed by atoms with van der Waals surface area (Å²) >= 11 is 0. The lowest BCUT2D eigenvalue weighted by Crippen LogP contribution is -2.27. The van der Waals surface area contributed by atoms with Crippen molar-refractivity contribution in [2.45, 2.75) is 32.1 Å². The van der Waals surface area contributed by atoms with Crippen LogP contribution in [0.2, 0.25) is 0 Å². The van der Waals surface area contributed by atoms with Gasteiger partial charge in [0.05, 0.1) is 0 Å². The van der Waals surface area contributed by atoms with Crippen molar-refractivity contribution in [2.24, 2.45) is 11.8 Å². The van der Waals surface area contributed by atoms with Gasteiger partial charge in [-0.25, -0.2) is 0 Å². The van der Waals surface area contributed by atoms with Crippen LogP contribution in [0.3, 0.4) is 0 Å². The number of ether oxygens (including phenoxy) is 1. The Morgan fingerprint density at radius 1 is 1.00 bits per heavy atom. The minimum atomic E-state index is 0.884. The molecule has 0 aliphatic carbocycles. The summed E-state index contributed by atoms with van der Waals surface area (Å²) in [7, 11) is 0. The van der Waals surface area contributed by atoms with E-state index in [9.17, 15) is 0 Å². The summed E-state index contributed by atoms with van der Waals surface area (Å²) < 4.78 is 5.38. The van der Waals surface area contributed by atoms with Gasteiger partial charge >= 0.3 is 0 Å². The van der Waals surface area contributed by atoms with E-state index in [1.807, 2.05) is 0 Å².